The fourth-order valence-corrected chi connectivity index (χ4v) is 5.27. The zero-order valence-electron chi connectivity index (χ0n) is 23.3. The predicted octanol–water partition coefficient (Wildman–Crippen LogP) is -1.57. The average molecular weight is 549 g/mol. The van der Waals surface area contributed by atoms with Crippen LogP contribution in [0, 0.1) is 0 Å². The molecule has 0 amide bonds. The van der Waals surface area contributed by atoms with Crippen molar-refractivity contribution in [1.82, 2.24) is 0 Å². The Bertz CT molecular complexity index is 242. The van der Waals surface area contributed by atoms with Crippen LogP contribution < -0.4 is 11.5 Å². The lowest BCUT2D eigenvalue weighted by atomic mass is 10.5. The highest BCUT2D eigenvalue weighted by atomic mass is 28.4. The molecule has 0 atom stereocenters. The van der Waals surface area contributed by atoms with E-state index in [9.17, 15) is 0 Å². The van der Waals surface area contributed by atoms with Gasteiger partial charge in [0, 0.05) is 68.5 Å². The van der Waals surface area contributed by atoms with Crippen LogP contribution in [0.4, 0.5) is 0 Å². The Morgan fingerprint density at radius 1 is 0.529 bits per heavy atom. The third-order valence-electron chi connectivity index (χ3n) is 2.63. The summed E-state index contributed by atoms with van der Waals surface area (Å²) >= 11 is 0. The molecule has 0 unspecified atom stereocenters. The summed E-state index contributed by atoms with van der Waals surface area (Å²) in [5, 5.41) is 42.0. The number of aliphatic hydroxyl groups excluding tert-OH is 6. The molecule has 0 radical (unpaired) electrons. The van der Waals surface area contributed by atoms with Gasteiger partial charge >= 0.3 is 17.4 Å². The minimum atomic E-state index is -2.76. The molecule has 0 fully saturated rings. The molecule has 0 aliphatic carbocycles. The normalized spacial score (nSPS) is 8.82. The van der Waals surface area contributed by atoms with Crippen LogP contribution in [0.25, 0.3) is 0 Å². The number of rotatable bonds is 12. The second-order valence-electron chi connectivity index (χ2n) is 4.98. The van der Waals surface area contributed by atoms with Crippen molar-refractivity contribution in [3.63, 3.8) is 0 Å². The van der Waals surface area contributed by atoms with E-state index in [1.54, 1.807) is 0 Å². The zero-order chi connectivity index (χ0) is 29.5. The van der Waals surface area contributed by atoms with Crippen LogP contribution in [0.5, 0.6) is 0 Å². The van der Waals surface area contributed by atoms with Gasteiger partial charge in [-0.2, -0.15) is 0 Å². The Hall–Kier alpha value is -0.0862. The quantitative estimate of drug-likeness (QED) is 0.124. The average Bonchev–Trinajstić information content (AvgIpc) is 2.89. The third-order valence-corrected chi connectivity index (χ3v) is 7.09. The maximum Gasteiger partial charge on any atom is 0.500 e. The molecule has 15 heteroatoms. The van der Waals surface area contributed by atoms with Crippen molar-refractivity contribution in [3.05, 3.63) is 0 Å². The smallest absolute Gasteiger partial charge is 0.411 e. The largest absolute Gasteiger partial charge is 0.500 e. The topological polar surface area (TPSA) is 242 Å². The van der Waals surface area contributed by atoms with Gasteiger partial charge in [0.1, 0.15) is 0 Å². The van der Waals surface area contributed by atoms with E-state index in [0.29, 0.717) is 39.0 Å². The first-order valence-electron chi connectivity index (χ1n) is 10.8. The van der Waals surface area contributed by atoms with E-state index < -0.39 is 17.4 Å². The monoisotopic (exact) mass is 548 g/mol. The van der Waals surface area contributed by atoms with Crippen LogP contribution in [0.3, 0.4) is 0 Å². The predicted molar refractivity (Wildman–Crippen MR) is 143 cm³/mol. The summed E-state index contributed by atoms with van der Waals surface area (Å²) in [4.78, 5) is 17.6. The van der Waals surface area contributed by atoms with Gasteiger partial charge in [0.25, 0.3) is 0 Å². The van der Waals surface area contributed by atoms with Crippen molar-refractivity contribution in [2.75, 3.05) is 75.6 Å². The molecule has 13 nitrogen and oxygen atoms in total. The van der Waals surface area contributed by atoms with Gasteiger partial charge in [-0.1, -0.05) is 0 Å². The van der Waals surface area contributed by atoms with Gasteiger partial charge in [-0.3, -0.25) is 0 Å². The van der Waals surface area contributed by atoms with E-state index in [1.165, 1.54) is 6.55 Å². The van der Waals surface area contributed by atoms with E-state index in [4.69, 9.17) is 65.0 Å². The summed E-state index contributed by atoms with van der Waals surface area (Å²) in [6.45, 7) is 10.5. The third kappa shape index (κ3) is 63.5. The molecular weight excluding hydrogens is 488 g/mol. The lowest BCUT2D eigenvalue weighted by Crippen LogP contribution is -2.46. The highest BCUT2D eigenvalue weighted by Crippen LogP contribution is 2.17. The van der Waals surface area contributed by atoms with Crippen LogP contribution >= 0.6 is 0 Å². The first-order chi connectivity index (χ1) is 16.3. The molecule has 0 aromatic carbocycles. The van der Waals surface area contributed by atoms with Gasteiger partial charge in [-0.15, -0.1) is 0 Å². The van der Waals surface area contributed by atoms with Crippen molar-refractivity contribution in [2.45, 2.75) is 52.2 Å². The summed E-state index contributed by atoms with van der Waals surface area (Å²) in [6.07, 6.45) is 1.61. The highest BCUT2D eigenvalue weighted by Gasteiger charge is 2.39. The second kappa shape index (κ2) is 58.6. The molecule has 0 rings (SSSR count). The Labute approximate surface area is 210 Å². The van der Waals surface area contributed by atoms with Crippen LogP contribution in [0.15, 0.2) is 0 Å². The van der Waals surface area contributed by atoms with E-state index in [0.717, 1.165) is 61.5 Å². The first kappa shape index (κ1) is 54.7. The molecule has 0 bridgehead atoms. The second-order valence-corrected chi connectivity index (χ2v) is 10.6. The van der Waals surface area contributed by atoms with Crippen molar-refractivity contribution in [1.29, 1.82) is 0 Å². The van der Waals surface area contributed by atoms with Gasteiger partial charge < -0.3 is 65.0 Å². The number of hydrogen-bond donors (Lipinski definition) is 10. The lowest BCUT2D eigenvalue weighted by Gasteiger charge is -2.28. The van der Waals surface area contributed by atoms with E-state index in [-0.39, 0.29) is 0 Å². The summed E-state index contributed by atoms with van der Waals surface area (Å²) < 4.78 is 17.0. The zero-order valence-corrected chi connectivity index (χ0v) is 25.3. The molecular formula is C19H60N2O11Si2. The molecule has 220 valence electrons. The SMILES string of the molecule is CCO[Si](CCCN)(OCC)OCC.CO.CO.CO.CO.CO.CO.C[Si](O)(O)CCCN. The van der Waals surface area contributed by atoms with Crippen molar-refractivity contribution >= 4 is 17.4 Å². The molecule has 0 heterocycles. The van der Waals surface area contributed by atoms with Crippen LogP contribution in [-0.4, -0.2) is 133 Å². The van der Waals surface area contributed by atoms with Gasteiger partial charge in [-0.05, 0) is 59.3 Å². The number of hydrogen-bond acceptors (Lipinski definition) is 13. The van der Waals surface area contributed by atoms with E-state index in [1.807, 2.05) is 20.8 Å². The maximum atomic E-state index is 8.79. The van der Waals surface area contributed by atoms with Crippen LogP contribution in [-0.2, 0) is 13.3 Å². The molecule has 34 heavy (non-hydrogen) atoms. The van der Waals surface area contributed by atoms with Crippen molar-refractivity contribution in [2.24, 2.45) is 11.5 Å². The van der Waals surface area contributed by atoms with Crippen LogP contribution in [0.1, 0.15) is 33.6 Å². The fourth-order valence-electron chi connectivity index (χ4n) is 1.76. The fraction of sp³-hybridized carbons (Fsp3) is 1.00. The Morgan fingerprint density at radius 3 is 0.912 bits per heavy atom. The van der Waals surface area contributed by atoms with Gasteiger partial charge in [0.05, 0.1) is 0 Å². The summed E-state index contributed by atoms with van der Waals surface area (Å²) in [7, 11) is 0.845. The van der Waals surface area contributed by atoms with Crippen molar-refractivity contribution < 1.29 is 53.5 Å². The van der Waals surface area contributed by atoms with E-state index >= 15 is 0 Å². The molecule has 0 aromatic rings. The molecule has 12 N–H and O–H groups in total. The van der Waals surface area contributed by atoms with Crippen LogP contribution in [0.2, 0.25) is 18.6 Å². The van der Waals surface area contributed by atoms with E-state index in [2.05, 4.69) is 0 Å². The van der Waals surface area contributed by atoms with Gasteiger partial charge in [0.15, 0.2) is 0 Å². The van der Waals surface area contributed by atoms with Crippen molar-refractivity contribution in [3.8, 4) is 0 Å². The lowest BCUT2D eigenvalue weighted by molar-refractivity contribution is 0.0710. The van der Waals surface area contributed by atoms with Gasteiger partial charge in [-0.25, -0.2) is 0 Å². The Morgan fingerprint density at radius 2 is 0.765 bits per heavy atom. The number of aliphatic hydroxyl groups is 6. The molecule has 0 aliphatic rings. The first-order valence-corrected chi connectivity index (χ1v) is 15.3. The maximum absolute atomic E-state index is 8.79. The Balaban J connectivity index is -0.0000000480. The minimum absolute atomic E-state index is 0.490. The standard InChI is InChI=1S/C9H23NO3Si.C4H13NO2Si.6CH4O/c1-4-11-14(12-5-2,13-6-3)9-7-8-10;1-8(6,7)4-2-3-5;6*1-2/h4-10H2,1-3H3;6-7H,2-5H2,1H3;6*2H,1H3. The summed E-state index contributed by atoms with van der Waals surface area (Å²) in [6, 6.07) is 1.31. The molecule has 0 aromatic heterocycles. The molecule has 0 saturated heterocycles. The highest BCUT2D eigenvalue weighted by molar-refractivity contribution is 6.63. The summed E-state index contributed by atoms with van der Waals surface area (Å²) in [5.41, 5.74) is 10.6. The molecule has 0 saturated carbocycles. The number of nitrogens with two attached hydrogens (primary N) is 2. The molecule has 0 spiro atoms. The minimum Gasteiger partial charge on any atom is -0.411 e. The summed E-state index contributed by atoms with van der Waals surface area (Å²) in [5.74, 6) is 0. The molecule has 0 aliphatic heterocycles. The van der Waals surface area contributed by atoms with Gasteiger partial charge in [0.2, 0.25) is 0 Å². The Kier molecular flexibility index (Phi) is 94.3.